The van der Waals surface area contributed by atoms with Gasteiger partial charge in [0.25, 0.3) is 0 Å². The summed E-state index contributed by atoms with van der Waals surface area (Å²) in [6.07, 6.45) is 6.60. The third kappa shape index (κ3) is 5.43. The molecule has 0 aliphatic carbocycles. The van der Waals surface area contributed by atoms with Gasteiger partial charge < -0.3 is 15.4 Å². The zero-order chi connectivity index (χ0) is 17.3. The number of hydrogen-bond acceptors (Lipinski definition) is 4. The number of piperidine rings is 1. The molecule has 3 rings (SSSR count). The second-order valence-corrected chi connectivity index (χ2v) is 6.62. The highest BCUT2D eigenvalue weighted by Gasteiger charge is 2.14. The lowest BCUT2D eigenvalue weighted by molar-refractivity contribution is -0.121. The molecule has 1 aliphatic heterocycles. The lowest BCUT2D eigenvalue weighted by Crippen LogP contribution is -2.30. The van der Waals surface area contributed by atoms with E-state index >= 15 is 0 Å². The molecule has 0 atom stereocenters. The molecule has 1 aromatic carbocycles. The molecule has 25 heavy (non-hydrogen) atoms. The highest BCUT2D eigenvalue weighted by Crippen LogP contribution is 2.22. The minimum absolute atomic E-state index is 0.158. The van der Waals surface area contributed by atoms with E-state index in [1.54, 1.807) is 6.20 Å². The summed E-state index contributed by atoms with van der Waals surface area (Å²) in [5.74, 6) is 1.66. The van der Waals surface area contributed by atoms with E-state index in [9.17, 15) is 4.79 Å². The van der Waals surface area contributed by atoms with Crippen LogP contribution in [-0.2, 0) is 4.79 Å². The van der Waals surface area contributed by atoms with Crippen molar-refractivity contribution in [2.45, 2.75) is 32.1 Å². The molecule has 2 N–H and O–H groups in total. The third-order valence-electron chi connectivity index (χ3n) is 4.73. The van der Waals surface area contributed by atoms with Gasteiger partial charge in [0.1, 0.15) is 11.3 Å². The molecule has 2 aromatic rings. The number of carbonyl (C=O) groups is 1. The van der Waals surface area contributed by atoms with E-state index in [4.69, 9.17) is 4.74 Å². The number of pyridine rings is 1. The zero-order valence-corrected chi connectivity index (χ0v) is 14.7. The number of hydrogen-bond donors (Lipinski definition) is 2. The van der Waals surface area contributed by atoms with Crippen LogP contribution in [0, 0.1) is 5.92 Å². The van der Waals surface area contributed by atoms with Gasteiger partial charge in [-0.1, -0.05) is 18.2 Å². The summed E-state index contributed by atoms with van der Waals surface area (Å²) in [4.78, 5) is 16.3. The van der Waals surface area contributed by atoms with Gasteiger partial charge in [-0.2, -0.15) is 0 Å². The largest absolute Gasteiger partial charge is 0.491 e. The van der Waals surface area contributed by atoms with Crippen molar-refractivity contribution >= 4 is 16.8 Å². The van der Waals surface area contributed by atoms with Crippen LogP contribution in [0.15, 0.2) is 36.5 Å². The fraction of sp³-hybridized carbons (Fsp3) is 0.500. The Morgan fingerprint density at radius 3 is 2.96 bits per heavy atom. The Balaban J connectivity index is 1.32. The van der Waals surface area contributed by atoms with Crippen LogP contribution in [0.3, 0.4) is 0 Å². The van der Waals surface area contributed by atoms with Gasteiger partial charge in [-0.3, -0.25) is 9.78 Å². The number of carbonyl (C=O) groups excluding carboxylic acids is 1. The maximum Gasteiger partial charge on any atom is 0.220 e. The first-order valence-electron chi connectivity index (χ1n) is 9.27. The van der Waals surface area contributed by atoms with Crippen molar-refractivity contribution in [2.24, 2.45) is 5.92 Å². The van der Waals surface area contributed by atoms with E-state index in [1.807, 2.05) is 30.3 Å². The number of nitrogens with one attached hydrogen (secondary N) is 2. The summed E-state index contributed by atoms with van der Waals surface area (Å²) >= 11 is 0. The van der Waals surface area contributed by atoms with Crippen molar-refractivity contribution in [1.82, 2.24) is 15.6 Å². The monoisotopic (exact) mass is 341 g/mol. The summed E-state index contributed by atoms with van der Waals surface area (Å²) < 4.78 is 5.84. The Bertz CT molecular complexity index is 678. The Labute approximate surface area is 149 Å². The molecule has 5 heteroatoms. The van der Waals surface area contributed by atoms with Crippen LogP contribution in [0.25, 0.3) is 10.9 Å². The average Bonchev–Trinajstić information content (AvgIpc) is 2.67. The first-order chi connectivity index (χ1) is 12.3. The fourth-order valence-electron chi connectivity index (χ4n) is 3.27. The zero-order valence-electron chi connectivity index (χ0n) is 14.7. The van der Waals surface area contributed by atoms with Crippen LogP contribution in [-0.4, -0.2) is 37.1 Å². The Morgan fingerprint density at radius 2 is 2.08 bits per heavy atom. The van der Waals surface area contributed by atoms with E-state index in [0.717, 1.165) is 42.6 Å². The van der Waals surface area contributed by atoms with Crippen LogP contribution >= 0.6 is 0 Å². The van der Waals surface area contributed by atoms with Crippen LogP contribution < -0.4 is 15.4 Å². The molecule has 1 fully saturated rings. The minimum Gasteiger partial charge on any atom is -0.491 e. The molecule has 0 radical (unpaired) electrons. The van der Waals surface area contributed by atoms with Crippen molar-refractivity contribution in [1.29, 1.82) is 0 Å². The molecule has 1 amide bonds. The predicted molar refractivity (Wildman–Crippen MR) is 99.7 cm³/mol. The van der Waals surface area contributed by atoms with Crippen LogP contribution in [0.5, 0.6) is 5.75 Å². The van der Waals surface area contributed by atoms with Crippen molar-refractivity contribution < 1.29 is 9.53 Å². The molecule has 0 spiro atoms. The topological polar surface area (TPSA) is 63.2 Å². The molecule has 1 saturated heterocycles. The Hall–Kier alpha value is -2.14. The lowest BCUT2D eigenvalue weighted by Gasteiger charge is -2.22. The quantitative estimate of drug-likeness (QED) is 0.725. The smallest absolute Gasteiger partial charge is 0.220 e. The van der Waals surface area contributed by atoms with Gasteiger partial charge in [-0.05, 0) is 56.8 Å². The van der Waals surface area contributed by atoms with E-state index in [0.29, 0.717) is 25.5 Å². The molecule has 0 bridgehead atoms. The molecule has 2 heterocycles. The Kier molecular flexibility index (Phi) is 6.63. The number of amides is 1. The molecule has 5 nitrogen and oxygen atoms in total. The average molecular weight is 341 g/mol. The summed E-state index contributed by atoms with van der Waals surface area (Å²) in [5, 5.41) is 7.43. The predicted octanol–water partition coefficient (Wildman–Crippen LogP) is 2.90. The van der Waals surface area contributed by atoms with Crippen LogP contribution in [0.4, 0.5) is 0 Å². The number of rotatable bonds is 8. The second-order valence-electron chi connectivity index (χ2n) is 6.62. The highest BCUT2D eigenvalue weighted by molar-refractivity contribution is 5.84. The van der Waals surface area contributed by atoms with Crippen molar-refractivity contribution in [3.63, 3.8) is 0 Å². The molecule has 0 unspecified atom stereocenters. The van der Waals surface area contributed by atoms with E-state index in [1.165, 1.54) is 12.8 Å². The second kappa shape index (κ2) is 9.37. The highest BCUT2D eigenvalue weighted by atomic mass is 16.5. The SMILES string of the molecule is O=C(CCC1CCNCC1)NCCCOc1cccc2cccnc12. The van der Waals surface area contributed by atoms with Gasteiger partial charge in [0.2, 0.25) is 5.91 Å². The van der Waals surface area contributed by atoms with Gasteiger partial charge in [0.15, 0.2) is 0 Å². The summed E-state index contributed by atoms with van der Waals surface area (Å²) in [7, 11) is 0. The molecule has 1 aromatic heterocycles. The fourth-order valence-corrected chi connectivity index (χ4v) is 3.27. The van der Waals surface area contributed by atoms with Crippen LogP contribution in [0.1, 0.15) is 32.1 Å². The van der Waals surface area contributed by atoms with Crippen molar-refractivity contribution in [2.75, 3.05) is 26.2 Å². The van der Waals surface area contributed by atoms with Gasteiger partial charge >= 0.3 is 0 Å². The van der Waals surface area contributed by atoms with Gasteiger partial charge in [-0.15, -0.1) is 0 Å². The molecule has 0 saturated carbocycles. The summed E-state index contributed by atoms with van der Waals surface area (Å²) in [6.45, 7) is 3.41. The van der Waals surface area contributed by atoms with Gasteiger partial charge in [0.05, 0.1) is 6.61 Å². The number of fused-ring (bicyclic) bond motifs is 1. The third-order valence-corrected chi connectivity index (χ3v) is 4.73. The first-order valence-corrected chi connectivity index (χ1v) is 9.27. The van der Waals surface area contributed by atoms with Crippen molar-refractivity contribution in [3.8, 4) is 5.75 Å². The van der Waals surface area contributed by atoms with Crippen molar-refractivity contribution in [3.05, 3.63) is 36.5 Å². The molecular formula is C20H27N3O2. The minimum atomic E-state index is 0.158. The standard InChI is InChI=1S/C20H27N3O2/c24-19(8-7-16-9-13-21-14-10-16)22-12-3-15-25-18-6-1-4-17-5-2-11-23-20(17)18/h1-2,4-6,11,16,21H,3,7-10,12-15H2,(H,22,24). The molecule has 1 aliphatic rings. The molecule has 134 valence electrons. The van der Waals surface area contributed by atoms with Gasteiger partial charge in [-0.25, -0.2) is 0 Å². The van der Waals surface area contributed by atoms with Crippen LogP contribution in [0.2, 0.25) is 0 Å². The number of aromatic nitrogens is 1. The van der Waals surface area contributed by atoms with E-state index in [2.05, 4.69) is 15.6 Å². The normalized spacial score (nSPS) is 15.2. The van der Waals surface area contributed by atoms with Gasteiger partial charge in [0, 0.05) is 24.5 Å². The lowest BCUT2D eigenvalue weighted by atomic mass is 9.93. The Morgan fingerprint density at radius 1 is 1.24 bits per heavy atom. The maximum atomic E-state index is 11.9. The van der Waals surface area contributed by atoms with E-state index < -0.39 is 0 Å². The number of benzene rings is 1. The van der Waals surface area contributed by atoms with E-state index in [-0.39, 0.29) is 5.91 Å². The summed E-state index contributed by atoms with van der Waals surface area (Å²) in [5.41, 5.74) is 0.885. The number of para-hydroxylation sites is 1. The summed E-state index contributed by atoms with van der Waals surface area (Å²) in [6, 6.07) is 9.88. The maximum absolute atomic E-state index is 11.9. The molecular weight excluding hydrogens is 314 g/mol. The first kappa shape index (κ1) is 17.7. The number of ether oxygens (including phenoxy) is 1. The number of nitrogens with zero attached hydrogens (tertiary/aromatic N) is 1.